The average molecular weight is 402 g/mol. The third-order valence-electron chi connectivity index (χ3n) is 5.53. The summed E-state index contributed by atoms with van der Waals surface area (Å²) >= 11 is 0. The highest BCUT2D eigenvalue weighted by molar-refractivity contribution is 5.81. The maximum atomic E-state index is 12.7. The van der Waals surface area contributed by atoms with Crippen LogP contribution >= 0.6 is 0 Å². The summed E-state index contributed by atoms with van der Waals surface area (Å²) < 4.78 is 5.58. The van der Waals surface area contributed by atoms with Gasteiger partial charge >= 0.3 is 12.1 Å². The van der Waals surface area contributed by atoms with Gasteiger partial charge in [0.25, 0.3) is 0 Å². The minimum atomic E-state index is -1.09. The van der Waals surface area contributed by atoms with Crippen molar-refractivity contribution in [2.45, 2.75) is 18.4 Å². The van der Waals surface area contributed by atoms with E-state index < -0.39 is 18.1 Å². The van der Waals surface area contributed by atoms with Crippen molar-refractivity contribution < 1.29 is 19.4 Å². The molecule has 1 atom stereocenters. The van der Waals surface area contributed by atoms with Gasteiger partial charge in [0.2, 0.25) is 0 Å². The number of aromatic nitrogens is 1. The number of fused-ring (bicyclic) bond motifs is 3. The maximum absolute atomic E-state index is 12.7. The highest BCUT2D eigenvalue weighted by atomic mass is 16.6. The number of hydrogen-bond acceptors (Lipinski definition) is 4. The number of carboxylic acids is 1. The number of ether oxygens (including phenoxy) is 1. The first-order valence-corrected chi connectivity index (χ1v) is 9.75. The van der Waals surface area contributed by atoms with Gasteiger partial charge in [0.15, 0.2) is 0 Å². The molecule has 1 amide bonds. The van der Waals surface area contributed by atoms with E-state index >= 15 is 0 Å². The van der Waals surface area contributed by atoms with E-state index in [0.717, 1.165) is 32.7 Å². The lowest BCUT2D eigenvalue weighted by molar-refractivity contribution is -0.142. The number of nitrogens with zero attached hydrogens (tertiary/aromatic N) is 2. The molecule has 0 bridgehead atoms. The fourth-order valence-electron chi connectivity index (χ4n) is 3.96. The van der Waals surface area contributed by atoms with Crippen molar-refractivity contribution in [3.05, 3.63) is 89.7 Å². The summed E-state index contributed by atoms with van der Waals surface area (Å²) in [6.45, 7) is 0.149. The Morgan fingerprint density at radius 3 is 2.23 bits per heavy atom. The van der Waals surface area contributed by atoms with Gasteiger partial charge in [-0.2, -0.15) is 0 Å². The quantitative estimate of drug-likeness (QED) is 0.675. The summed E-state index contributed by atoms with van der Waals surface area (Å²) in [4.78, 5) is 29.6. The number of carboxylic acid groups (broad SMARTS) is 1. The van der Waals surface area contributed by atoms with Crippen molar-refractivity contribution in [1.29, 1.82) is 0 Å². The van der Waals surface area contributed by atoms with Crippen LogP contribution in [0.3, 0.4) is 0 Å². The minimum absolute atomic E-state index is 0.0728. The molecule has 1 N–H and O–H groups in total. The molecule has 0 radical (unpaired) electrons. The predicted octanol–water partition coefficient (Wildman–Crippen LogP) is 3.96. The summed E-state index contributed by atoms with van der Waals surface area (Å²) in [5.74, 6) is -1.16. The molecule has 6 heteroatoms. The molecule has 152 valence electrons. The summed E-state index contributed by atoms with van der Waals surface area (Å²) in [6, 6.07) is 18.6. The summed E-state index contributed by atoms with van der Waals surface area (Å²) in [7, 11) is 1.45. The van der Waals surface area contributed by atoms with Gasteiger partial charge in [-0.05, 0) is 33.9 Å². The Kier molecular flexibility index (Phi) is 5.48. The Hall–Kier alpha value is -3.67. The molecule has 0 saturated heterocycles. The number of aliphatic carboxylic acids is 1. The average Bonchev–Trinajstić information content (AvgIpc) is 3.09. The highest BCUT2D eigenvalue weighted by Crippen LogP contribution is 2.44. The lowest BCUT2D eigenvalue weighted by atomic mass is 9.98. The molecular weight excluding hydrogens is 380 g/mol. The number of carbonyl (C=O) groups excluding carboxylic acids is 1. The van der Waals surface area contributed by atoms with Crippen molar-refractivity contribution in [2.75, 3.05) is 13.7 Å². The van der Waals surface area contributed by atoms with Crippen LogP contribution in [0.15, 0.2) is 73.1 Å². The SMILES string of the molecule is CN(C(=O)OCC1c2ccccc2-c2ccccc21)C(Cc1cccnc1)C(=O)O. The molecule has 2 aromatic carbocycles. The van der Waals surface area contributed by atoms with Gasteiger partial charge in [-0.3, -0.25) is 9.88 Å². The third kappa shape index (κ3) is 3.76. The molecule has 6 nitrogen and oxygen atoms in total. The van der Waals surface area contributed by atoms with E-state index in [1.807, 2.05) is 36.4 Å². The molecular formula is C24H22N2O4. The van der Waals surface area contributed by atoms with Crippen LogP contribution in [0.4, 0.5) is 4.79 Å². The van der Waals surface area contributed by atoms with Crippen LogP contribution in [-0.2, 0) is 16.0 Å². The van der Waals surface area contributed by atoms with Gasteiger partial charge in [-0.25, -0.2) is 9.59 Å². The monoisotopic (exact) mass is 402 g/mol. The zero-order valence-electron chi connectivity index (χ0n) is 16.6. The highest BCUT2D eigenvalue weighted by Gasteiger charge is 2.32. The van der Waals surface area contributed by atoms with Crippen LogP contribution in [0.2, 0.25) is 0 Å². The molecule has 0 saturated carbocycles. The van der Waals surface area contributed by atoms with Gasteiger partial charge in [0, 0.05) is 31.8 Å². The van der Waals surface area contributed by atoms with Crippen LogP contribution in [0.5, 0.6) is 0 Å². The molecule has 4 rings (SSSR count). The van der Waals surface area contributed by atoms with Crippen LogP contribution in [0.25, 0.3) is 11.1 Å². The Bertz CT molecular complexity index is 1020. The maximum Gasteiger partial charge on any atom is 0.410 e. The number of benzene rings is 2. The first-order valence-electron chi connectivity index (χ1n) is 9.75. The largest absolute Gasteiger partial charge is 0.480 e. The van der Waals surface area contributed by atoms with Crippen molar-refractivity contribution in [3.63, 3.8) is 0 Å². The Morgan fingerprint density at radius 1 is 1.03 bits per heavy atom. The van der Waals surface area contributed by atoms with Crippen LogP contribution in [0, 0.1) is 0 Å². The van der Waals surface area contributed by atoms with Gasteiger partial charge in [-0.1, -0.05) is 54.6 Å². The zero-order chi connectivity index (χ0) is 21.1. The Morgan fingerprint density at radius 2 is 1.67 bits per heavy atom. The molecule has 0 fully saturated rings. The number of carbonyl (C=O) groups is 2. The van der Waals surface area contributed by atoms with Crippen LogP contribution < -0.4 is 0 Å². The second-order valence-corrected chi connectivity index (χ2v) is 7.33. The molecule has 1 aliphatic rings. The van der Waals surface area contributed by atoms with Crippen molar-refractivity contribution in [1.82, 2.24) is 9.88 Å². The molecule has 0 aliphatic heterocycles. The number of pyridine rings is 1. The Balaban J connectivity index is 1.48. The second kappa shape index (κ2) is 8.37. The van der Waals surface area contributed by atoms with E-state index in [2.05, 4.69) is 17.1 Å². The standard InChI is InChI=1S/C24H22N2O4/c1-26(22(23(27)28)13-16-7-6-12-25-14-16)24(29)30-15-21-19-10-4-2-8-17(19)18-9-3-5-11-20(18)21/h2-12,14,21-22H,13,15H2,1H3,(H,27,28). The van der Waals surface area contributed by atoms with E-state index in [-0.39, 0.29) is 18.9 Å². The lowest BCUT2D eigenvalue weighted by Crippen LogP contribution is -2.44. The van der Waals surface area contributed by atoms with Crippen molar-refractivity contribution in [2.24, 2.45) is 0 Å². The summed E-state index contributed by atoms with van der Waals surface area (Å²) in [5.41, 5.74) is 5.24. The first kappa shape index (κ1) is 19.6. The van der Waals surface area contributed by atoms with Gasteiger partial charge in [0.05, 0.1) is 0 Å². The molecule has 1 heterocycles. The second-order valence-electron chi connectivity index (χ2n) is 7.33. The fourth-order valence-corrected chi connectivity index (χ4v) is 3.96. The zero-order valence-corrected chi connectivity index (χ0v) is 16.6. The predicted molar refractivity (Wildman–Crippen MR) is 112 cm³/mol. The number of likely N-dealkylation sites (N-methyl/N-ethyl adjacent to an activating group) is 1. The van der Waals surface area contributed by atoms with E-state index in [1.165, 1.54) is 7.05 Å². The number of amides is 1. The summed E-state index contributed by atoms with van der Waals surface area (Å²) in [5, 5.41) is 9.62. The molecule has 0 spiro atoms. The van der Waals surface area contributed by atoms with Crippen molar-refractivity contribution >= 4 is 12.1 Å². The normalized spacial score (nSPS) is 13.2. The Labute approximate surface area is 174 Å². The third-order valence-corrected chi connectivity index (χ3v) is 5.53. The molecule has 1 aromatic heterocycles. The van der Waals surface area contributed by atoms with Crippen LogP contribution in [-0.4, -0.2) is 46.7 Å². The molecule has 1 aliphatic carbocycles. The number of hydrogen-bond donors (Lipinski definition) is 1. The summed E-state index contributed by atoms with van der Waals surface area (Å²) in [6.07, 6.45) is 2.72. The number of rotatable bonds is 6. The molecule has 1 unspecified atom stereocenters. The minimum Gasteiger partial charge on any atom is -0.480 e. The van der Waals surface area contributed by atoms with E-state index in [4.69, 9.17) is 4.74 Å². The smallest absolute Gasteiger partial charge is 0.410 e. The van der Waals surface area contributed by atoms with E-state index in [1.54, 1.807) is 24.5 Å². The van der Waals surface area contributed by atoms with E-state index in [9.17, 15) is 14.7 Å². The topological polar surface area (TPSA) is 79.7 Å². The lowest BCUT2D eigenvalue weighted by Gasteiger charge is -2.25. The van der Waals surface area contributed by atoms with Crippen LogP contribution in [0.1, 0.15) is 22.6 Å². The molecule has 30 heavy (non-hydrogen) atoms. The van der Waals surface area contributed by atoms with Gasteiger partial charge < -0.3 is 9.84 Å². The van der Waals surface area contributed by atoms with E-state index in [0.29, 0.717) is 0 Å². The first-order chi connectivity index (χ1) is 14.6. The molecule has 3 aromatic rings. The fraction of sp³-hybridized carbons (Fsp3) is 0.208. The van der Waals surface area contributed by atoms with Gasteiger partial charge in [0.1, 0.15) is 12.6 Å². The van der Waals surface area contributed by atoms with Gasteiger partial charge in [-0.15, -0.1) is 0 Å². The van der Waals surface area contributed by atoms with Crippen molar-refractivity contribution in [3.8, 4) is 11.1 Å².